The fourth-order valence-corrected chi connectivity index (χ4v) is 2.72. The second kappa shape index (κ2) is 5.86. The summed E-state index contributed by atoms with van der Waals surface area (Å²) >= 11 is 0. The Bertz CT molecular complexity index is 994. The molecule has 1 heterocycles. The maximum absolute atomic E-state index is 6.16. The van der Waals surface area contributed by atoms with Crippen LogP contribution in [0.25, 0.3) is 33.1 Å². The fourth-order valence-electron chi connectivity index (χ4n) is 2.72. The van der Waals surface area contributed by atoms with Crippen molar-refractivity contribution in [3.8, 4) is 11.4 Å². The number of nitrogens with zero attached hydrogens (tertiary/aromatic N) is 2. The number of aryl methyl sites for hydroxylation is 1. The van der Waals surface area contributed by atoms with Crippen LogP contribution >= 0.6 is 12.4 Å². The quantitative estimate of drug-likeness (QED) is 0.514. The van der Waals surface area contributed by atoms with Crippen LogP contribution in [0.5, 0.6) is 0 Å². The molecule has 0 atom stereocenters. The van der Waals surface area contributed by atoms with Gasteiger partial charge in [0.1, 0.15) is 5.82 Å². The molecule has 0 bridgehead atoms. The van der Waals surface area contributed by atoms with Crippen LogP contribution in [0.1, 0.15) is 5.56 Å². The van der Waals surface area contributed by atoms with Gasteiger partial charge in [0.05, 0.1) is 5.52 Å². The lowest BCUT2D eigenvalue weighted by atomic mass is 10.1. The van der Waals surface area contributed by atoms with Gasteiger partial charge in [-0.2, -0.15) is 0 Å². The van der Waals surface area contributed by atoms with Gasteiger partial charge in [-0.15, -0.1) is 12.4 Å². The summed E-state index contributed by atoms with van der Waals surface area (Å²) < 4.78 is 0. The minimum atomic E-state index is 0. The molecule has 4 rings (SSSR count). The summed E-state index contributed by atoms with van der Waals surface area (Å²) in [5, 5.41) is 3.15. The van der Waals surface area contributed by atoms with Gasteiger partial charge in [-0.05, 0) is 18.4 Å². The summed E-state index contributed by atoms with van der Waals surface area (Å²) in [7, 11) is 0. The molecule has 0 radical (unpaired) electrons. The molecule has 0 aliphatic carbocycles. The van der Waals surface area contributed by atoms with Gasteiger partial charge in [0.25, 0.3) is 0 Å². The number of benzene rings is 3. The summed E-state index contributed by atoms with van der Waals surface area (Å²) in [5.74, 6) is 1.19. The monoisotopic (exact) mass is 321 g/mol. The average Bonchev–Trinajstić information content (AvgIpc) is 2.55. The summed E-state index contributed by atoms with van der Waals surface area (Å²) in [6.07, 6.45) is 0. The Hall–Kier alpha value is -2.65. The molecule has 0 amide bonds. The second-order valence-corrected chi connectivity index (χ2v) is 5.48. The molecule has 0 spiro atoms. The Morgan fingerprint density at radius 3 is 2.30 bits per heavy atom. The zero-order valence-corrected chi connectivity index (χ0v) is 13.5. The predicted octanol–water partition coefficient (Wildman–Crippen LogP) is 4.76. The maximum Gasteiger partial charge on any atom is 0.162 e. The molecule has 2 N–H and O–H groups in total. The molecule has 1 aromatic heterocycles. The van der Waals surface area contributed by atoms with Gasteiger partial charge in [-0.3, -0.25) is 0 Å². The van der Waals surface area contributed by atoms with Gasteiger partial charge in [-0.1, -0.05) is 60.2 Å². The Labute approximate surface area is 140 Å². The van der Waals surface area contributed by atoms with Crippen LogP contribution in [0.4, 0.5) is 5.82 Å². The molecule has 0 unspecified atom stereocenters. The molecule has 0 fully saturated rings. The number of rotatable bonds is 1. The molecular weight excluding hydrogens is 306 g/mol. The highest BCUT2D eigenvalue weighted by Crippen LogP contribution is 2.29. The third kappa shape index (κ3) is 2.60. The summed E-state index contributed by atoms with van der Waals surface area (Å²) in [6, 6.07) is 20.4. The molecule has 0 saturated heterocycles. The van der Waals surface area contributed by atoms with Gasteiger partial charge >= 0.3 is 0 Å². The first-order valence-corrected chi connectivity index (χ1v) is 7.24. The Morgan fingerprint density at radius 2 is 1.52 bits per heavy atom. The van der Waals surface area contributed by atoms with Crippen LogP contribution in [-0.4, -0.2) is 9.97 Å². The number of hydrogen-bond donors (Lipinski definition) is 1. The summed E-state index contributed by atoms with van der Waals surface area (Å²) in [6.45, 7) is 2.06. The van der Waals surface area contributed by atoms with Crippen molar-refractivity contribution >= 4 is 39.9 Å². The number of nitrogens with two attached hydrogens (primary N) is 1. The van der Waals surface area contributed by atoms with E-state index in [9.17, 15) is 0 Å². The molecule has 0 aliphatic heterocycles. The SMILES string of the molecule is Cc1ccc(-c2nc(N)c3ccc4ccccc4c3n2)cc1.Cl. The van der Waals surface area contributed by atoms with Gasteiger partial charge in [0.2, 0.25) is 0 Å². The molecule has 0 saturated carbocycles. The number of fused-ring (bicyclic) bond motifs is 3. The van der Waals surface area contributed by atoms with Crippen LogP contribution in [0, 0.1) is 6.92 Å². The smallest absolute Gasteiger partial charge is 0.162 e. The normalized spacial score (nSPS) is 10.7. The number of nitrogen functional groups attached to an aromatic ring is 1. The zero-order valence-electron chi connectivity index (χ0n) is 12.7. The van der Waals surface area contributed by atoms with Crippen molar-refractivity contribution in [3.05, 3.63) is 66.2 Å². The Balaban J connectivity index is 0.00000156. The van der Waals surface area contributed by atoms with Gasteiger partial charge in [-0.25, -0.2) is 9.97 Å². The van der Waals surface area contributed by atoms with Crippen LogP contribution in [0.3, 0.4) is 0 Å². The number of anilines is 1. The molecule has 114 valence electrons. The second-order valence-electron chi connectivity index (χ2n) is 5.48. The van der Waals surface area contributed by atoms with Crippen molar-refractivity contribution < 1.29 is 0 Å². The van der Waals surface area contributed by atoms with E-state index >= 15 is 0 Å². The third-order valence-electron chi connectivity index (χ3n) is 3.93. The van der Waals surface area contributed by atoms with E-state index in [2.05, 4.69) is 42.2 Å². The third-order valence-corrected chi connectivity index (χ3v) is 3.93. The van der Waals surface area contributed by atoms with Gasteiger partial charge in [0.15, 0.2) is 5.82 Å². The van der Waals surface area contributed by atoms with E-state index in [0.29, 0.717) is 11.6 Å². The van der Waals surface area contributed by atoms with Gasteiger partial charge < -0.3 is 5.73 Å². The number of hydrogen-bond acceptors (Lipinski definition) is 3. The summed E-state index contributed by atoms with van der Waals surface area (Å²) in [5.41, 5.74) is 9.26. The number of halogens is 1. The van der Waals surface area contributed by atoms with E-state index in [1.165, 1.54) is 5.56 Å². The standard InChI is InChI=1S/C19H15N3.ClH/c1-12-6-8-14(9-7-12)19-21-17-15-5-3-2-4-13(15)10-11-16(17)18(20)22-19;/h2-11H,1H3,(H2,20,21,22);1H. The minimum Gasteiger partial charge on any atom is -0.383 e. The molecule has 3 nitrogen and oxygen atoms in total. The number of aromatic nitrogens is 2. The molecule has 23 heavy (non-hydrogen) atoms. The first-order valence-electron chi connectivity index (χ1n) is 7.24. The topological polar surface area (TPSA) is 51.8 Å². The fraction of sp³-hybridized carbons (Fsp3) is 0.0526. The maximum atomic E-state index is 6.16. The van der Waals surface area contributed by atoms with Crippen molar-refractivity contribution in [2.24, 2.45) is 0 Å². The average molecular weight is 322 g/mol. The molecular formula is C19H16ClN3. The Morgan fingerprint density at radius 1 is 0.783 bits per heavy atom. The largest absolute Gasteiger partial charge is 0.383 e. The lowest BCUT2D eigenvalue weighted by molar-refractivity contribution is 1.24. The van der Waals surface area contributed by atoms with Crippen molar-refractivity contribution in [3.63, 3.8) is 0 Å². The highest BCUT2D eigenvalue weighted by molar-refractivity contribution is 6.08. The first-order chi connectivity index (χ1) is 10.7. The summed E-state index contributed by atoms with van der Waals surface area (Å²) in [4.78, 5) is 9.25. The molecule has 4 aromatic rings. The van der Waals surface area contributed by atoms with Crippen LogP contribution < -0.4 is 5.73 Å². The van der Waals surface area contributed by atoms with Crippen LogP contribution in [-0.2, 0) is 0 Å². The van der Waals surface area contributed by atoms with E-state index in [1.54, 1.807) is 0 Å². The van der Waals surface area contributed by atoms with Crippen molar-refractivity contribution in [2.75, 3.05) is 5.73 Å². The zero-order chi connectivity index (χ0) is 15.1. The van der Waals surface area contributed by atoms with E-state index in [4.69, 9.17) is 10.7 Å². The van der Waals surface area contributed by atoms with E-state index in [0.717, 1.165) is 27.2 Å². The lowest BCUT2D eigenvalue weighted by Crippen LogP contribution is -1.98. The predicted molar refractivity (Wildman–Crippen MR) is 98.9 cm³/mol. The molecule has 0 aliphatic rings. The highest BCUT2D eigenvalue weighted by atomic mass is 35.5. The van der Waals surface area contributed by atoms with Gasteiger partial charge in [0, 0.05) is 16.3 Å². The van der Waals surface area contributed by atoms with E-state index in [-0.39, 0.29) is 12.4 Å². The molecule has 3 aromatic carbocycles. The minimum absolute atomic E-state index is 0. The lowest BCUT2D eigenvalue weighted by Gasteiger charge is -2.08. The van der Waals surface area contributed by atoms with E-state index in [1.807, 2.05) is 30.3 Å². The van der Waals surface area contributed by atoms with Crippen LogP contribution in [0.15, 0.2) is 60.7 Å². The highest BCUT2D eigenvalue weighted by Gasteiger charge is 2.09. The Kier molecular flexibility index (Phi) is 3.89. The van der Waals surface area contributed by atoms with Crippen molar-refractivity contribution in [1.29, 1.82) is 0 Å². The molecule has 4 heteroatoms. The van der Waals surface area contributed by atoms with Crippen LogP contribution in [0.2, 0.25) is 0 Å². The van der Waals surface area contributed by atoms with Crippen molar-refractivity contribution in [2.45, 2.75) is 6.92 Å². The first kappa shape index (κ1) is 15.3. The van der Waals surface area contributed by atoms with E-state index < -0.39 is 0 Å². The van der Waals surface area contributed by atoms with Crippen molar-refractivity contribution in [1.82, 2.24) is 9.97 Å².